The van der Waals surface area contributed by atoms with Crippen molar-refractivity contribution in [1.29, 1.82) is 0 Å². The van der Waals surface area contributed by atoms with Gasteiger partial charge in [0.25, 0.3) is 5.91 Å². The molecule has 0 aromatic heterocycles. The van der Waals surface area contributed by atoms with Crippen LogP contribution in [0.25, 0.3) is 0 Å². The first kappa shape index (κ1) is 20.7. The van der Waals surface area contributed by atoms with E-state index in [1.54, 1.807) is 30.3 Å². The molecule has 0 saturated heterocycles. The fourth-order valence-electron chi connectivity index (χ4n) is 2.84. The van der Waals surface area contributed by atoms with E-state index in [4.69, 9.17) is 34.8 Å². The van der Waals surface area contributed by atoms with Gasteiger partial charge in [-0.3, -0.25) is 4.79 Å². The van der Waals surface area contributed by atoms with Gasteiger partial charge in [-0.1, -0.05) is 65.1 Å². The largest absolute Gasteiger partial charge is 0.322 e. The lowest BCUT2D eigenvalue weighted by Gasteiger charge is -2.16. The van der Waals surface area contributed by atoms with Crippen molar-refractivity contribution in [2.75, 3.05) is 5.32 Å². The van der Waals surface area contributed by atoms with E-state index in [2.05, 4.69) is 10.6 Å². The predicted molar refractivity (Wildman–Crippen MR) is 118 cm³/mol. The summed E-state index contributed by atoms with van der Waals surface area (Å²) in [4.78, 5) is 12.4. The highest BCUT2D eigenvalue weighted by molar-refractivity contribution is 6.35. The molecule has 0 radical (unpaired) electrons. The van der Waals surface area contributed by atoms with Gasteiger partial charge in [0.1, 0.15) is 0 Å². The SMILES string of the molecule is CC(NCc1cccc(NC(=O)c2ccccc2Cl)c1)c1ccc(Cl)cc1Cl. The first-order valence-corrected chi connectivity index (χ1v) is 9.90. The van der Waals surface area contributed by atoms with Crippen molar-refractivity contribution in [3.8, 4) is 0 Å². The number of benzene rings is 3. The van der Waals surface area contributed by atoms with Crippen molar-refractivity contribution in [2.45, 2.75) is 19.5 Å². The van der Waals surface area contributed by atoms with Crippen LogP contribution in [-0.4, -0.2) is 5.91 Å². The van der Waals surface area contributed by atoms with E-state index in [1.807, 2.05) is 43.3 Å². The monoisotopic (exact) mass is 432 g/mol. The highest BCUT2D eigenvalue weighted by Gasteiger charge is 2.11. The van der Waals surface area contributed by atoms with Crippen LogP contribution in [0, 0.1) is 0 Å². The van der Waals surface area contributed by atoms with Crippen LogP contribution in [0.4, 0.5) is 5.69 Å². The molecule has 3 aromatic carbocycles. The topological polar surface area (TPSA) is 41.1 Å². The number of nitrogens with one attached hydrogen (secondary N) is 2. The van der Waals surface area contributed by atoms with Gasteiger partial charge in [-0.15, -0.1) is 0 Å². The summed E-state index contributed by atoms with van der Waals surface area (Å²) in [5.41, 5.74) is 3.17. The molecule has 0 fully saturated rings. The zero-order chi connectivity index (χ0) is 20.1. The number of hydrogen-bond acceptors (Lipinski definition) is 2. The summed E-state index contributed by atoms with van der Waals surface area (Å²) in [5, 5.41) is 7.99. The second kappa shape index (κ2) is 9.44. The van der Waals surface area contributed by atoms with E-state index >= 15 is 0 Å². The van der Waals surface area contributed by atoms with E-state index in [9.17, 15) is 4.79 Å². The van der Waals surface area contributed by atoms with Crippen LogP contribution < -0.4 is 10.6 Å². The number of hydrogen-bond donors (Lipinski definition) is 2. The Labute approximate surface area is 179 Å². The van der Waals surface area contributed by atoms with Crippen LogP contribution in [0.3, 0.4) is 0 Å². The Balaban J connectivity index is 1.65. The maximum atomic E-state index is 12.4. The zero-order valence-electron chi connectivity index (χ0n) is 15.2. The van der Waals surface area contributed by atoms with E-state index in [1.165, 1.54) is 0 Å². The van der Waals surface area contributed by atoms with Crippen molar-refractivity contribution in [3.05, 3.63) is 98.5 Å². The molecular weight excluding hydrogens is 415 g/mol. The Hall–Kier alpha value is -2.04. The molecule has 6 heteroatoms. The van der Waals surface area contributed by atoms with Gasteiger partial charge in [-0.05, 0) is 54.4 Å². The molecule has 1 atom stereocenters. The van der Waals surface area contributed by atoms with Crippen molar-refractivity contribution in [1.82, 2.24) is 5.32 Å². The van der Waals surface area contributed by atoms with Gasteiger partial charge >= 0.3 is 0 Å². The Morgan fingerprint density at radius 1 is 0.929 bits per heavy atom. The molecular formula is C22H19Cl3N2O. The molecule has 1 amide bonds. The predicted octanol–water partition coefficient (Wildman–Crippen LogP) is 6.75. The van der Waals surface area contributed by atoms with Crippen LogP contribution in [-0.2, 0) is 6.54 Å². The molecule has 3 aromatic rings. The van der Waals surface area contributed by atoms with Gasteiger partial charge in [-0.25, -0.2) is 0 Å². The van der Waals surface area contributed by atoms with Gasteiger partial charge in [0.2, 0.25) is 0 Å². The van der Waals surface area contributed by atoms with E-state index in [0.29, 0.717) is 32.9 Å². The molecule has 0 saturated carbocycles. The first-order chi connectivity index (χ1) is 13.4. The average Bonchev–Trinajstić information content (AvgIpc) is 2.66. The average molecular weight is 434 g/mol. The molecule has 2 N–H and O–H groups in total. The lowest BCUT2D eigenvalue weighted by atomic mass is 10.1. The number of carbonyl (C=O) groups excluding carboxylic acids is 1. The number of anilines is 1. The van der Waals surface area contributed by atoms with Gasteiger partial charge in [0, 0.05) is 28.3 Å². The first-order valence-electron chi connectivity index (χ1n) is 8.77. The summed E-state index contributed by atoms with van der Waals surface area (Å²) < 4.78 is 0. The smallest absolute Gasteiger partial charge is 0.257 e. The highest BCUT2D eigenvalue weighted by Crippen LogP contribution is 2.26. The van der Waals surface area contributed by atoms with Crippen LogP contribution in [0.1, 0.15) is 34.5 Å². The summed E-state index contributed by atoms with van der Waals surface area (Å²) in [6.45, 7) is 2.66. The van der Waals surface area contributed by atoms with Crippen molar-refractivity contribution in [3.63, 3.8) is 0 Å². The second-order valence-corrected chi connectivity index (χ2v) is 7.65. The van der Waals surface area contributed by atoms with E-state index < -0.39 is 0 Å². The van der Waals surface area contributed by atoms with Crippen molar-refractivity contribution >= 4 is 46.4 Å². The lowest BCUT2D eigenvalue weighted by Crippen LogP contribution is -2.18. The third-order valence-corrected chi connectivity index (χ3v) is 5.24. The van der Waals surface area contributed by atoms with Crippen LogP contribution in [0.15, 0.2) is 66.7 Å². The molecule has 1 unspecified atom stereocenters. The molecule has 3 nitrogen and oxygen atoms in total. The Morgan fingerprint density at radius 3 is 2.46 bits per heavy atom. The van der Waals surface area contributed by atoms with Crippen molar-refractivity contribution in [2.24, 2.45) is 0 Å². The Bertz CT molecular complexity index is 991. The Morgan fingerprint density at radius 2 is 1.71 bits per heavy atom. The fraction of sp³-hybridized carbons (Fsp3) is 0.136. The van der Waals surface area contributed by atoms with Gasteiger partial charge in [0.15, 0.2) is 0 Å². The molecule has 3 rings (SSSR count). The summed E-state index contributed by atoms with van der Waals surface area (Å²) >= 11 is 18.3. The molecule has 0 spiro atoms. The number of amides is 1. The standard InChI is InChI=1S/C22H19Cl3N2O/c1-14(18-10-9-16(23)12-21(18)25)26-13-15-5-4-6-17(11-15)27-22(28)19-7-2-3-8-20(19)24/h2-12,14,26H,13H2,1H3,(H,27,28). The highest BCUT2D eigenvalue weighted by atomic mass is 35.5. The third kappa shape index (κ3) is 5.27. The third-order valence-electron chi connectivity index (χ3n) is 4.34. The van der Waals surface area contributed by atoms with Gasteiger partial charge in [0.05, 0.1) is 10.6 Å². The normalized spacial score (nSPS) is 11.9. The van der Waals surface area contributed by atoms with Gasteiger partial charge in [-0.2, -0.15) is 0 Å². The number of rotatable bonds is 6. The van der Waals surface area contributed by atoms with Crippen LogP contribution >= 0.6 is 34.8 Å². The summed E-state index contributed by atoms with van der Waals surface area (Å²) in [5.74, 6) is -0.239. The van der Waals surface area contributed by atoms with Gasteiger partial charge < -0.3 is 10.6 Å². The van der Waals surface area contributed by atoms with Crippen molar-refractivity contribution < 1.29 is 4.79 Å². The van der Waals surface area contributed by atoms with Crippen LogP contribution in [0.5, 0.6) is 0 Å². The molecule has 0 heterocycles. The molecule has 144 valence electrons. The van der Waals surface area contributed by atoms with E-state index in [0.717, 1.165) is 11.1 Å². The molecule has 0 aliphatic rings. The minimum Gasteiger partial charge on any atom is -0.322 e. The molecule has 0 aliphatic heterocycles. The number of halogens is 3. The maximum absolute atomic E-state index is 12.4. The molecule has 28 heavy (non-hydrogen) atoms. The fourth-order valence-corrected chi connectivity index (χ4v) is 3.63. The maximum Gasteiger partial charge on any atom is 0.257 e. The molecule has 0 aliphatic carbocycles. The quantitative estimate of drug-likeness (QED) is 0.451. The lowest BCUT2D eigenvalue weighted by molar-refractivity contribution is 0.102. The minimum atomic E-state index is -0.239. The molecule has 0 bridgehead atoms. The minimum absolute atomic E-state index is 0.0474. The summed E-state index contributed by atoms with van der Waals surface area (Å²) in [6.07, 6.45) is 0. The second-order valence-electron chi connectivity index (χ2n) is 6.40. The Kier molecular flexibility index (Phi) is 6.97. The summed E-state index contributed by atoms with van der Waals surface area (Å²) in [7, 11) is 0. The van der Waals surface area contributed by atoms with E-state index in [-0.39, 0.29) is 11.9 Å². The van der Waals surface area contributed by atoms with Crippen LogP contribution in [0.2, 0.25) is 15.1 Å². The number of carbonyl (C=O) groups is 1. The summed E-state index contributed by atoms with van der Waals surface area (Å²) in [6, 6.07) is 20.2. The zero-order valence-corrected chi connectivity index (χ0v) is 17.4.